The van der Waals surface area contributed by atoms with E-state index < -0.39 is 0 Å². The van der Waals surface area contributed by atoms with Crippen LogP contribution in [0.3, 0.4) is 0 Å². The fourth-order valence-electron chi connectivity index (χ4n) is 7.49. The fourth-order valence-corrected chi connectivity index (χ4v) is 7.62. The van der Waals surface area contributed by atoms with Crippen LogP contribution in [0.15, 0.2) is 36.9 Å². The molecule has 2 heterocycles. The molecule has 5 rings (SSSR count). The number of carbonyl (C=O) groups is 2. The number of likely N-dealkylation sites (tertiary alicyclic amines) is 1. The molecule has 0 bridgehead atoms. The number of rotatable bonds is 10. The van der Waals surface area contributed by atoms with E-state index in [0.29, 0.717) is 17.4 Å². The summed E-state index contributed by atoms with van der Waals surface area (Å²) in [6, 6.07) is 7.93. The standard InChI is InChI=1S/C31H46ClN7O2.ClH/c32-25-8-6-23(7-9-25)18-28(36-26-10-12-27(13-11-26)37-29(40)19-33)30(41)38-16-14-31(15-17-38,20-39-22-34-21-35-39)24-4-2-1-3-5-24;/h6-9,21-22,24,26-28,36H,1-5,10-20,33H2,(H,37,40);1H/t26?,27?,28-;/m1./s1. The van der Waals surface area contributed by atoms with E-state index in [2.05, 4.69) is 25.6 Å². The van der Waals surface area contributed by atoms with Crippen LogP contribution < -0.4 is 16.4 Å². The lowest BCUT2D eigenvalue weighted by molar-refractivity contribution is -0.137. The Morgan fingerprint density at radius 3 is 2.29 bits per heavy atom. The highest BCUT2D eigenvalue weighted by atomic mass is 35.5. The third kappa shape index (κ3) is 8.46. The number of amides is 2. The average molecular weight is 621 g/mol. The number of nitrogens with zero attached hydrogens (tertiary/aromatic N) is 4. The molecule has 1 aromatic heterocycles. The zero-order valence-electron chi connectivity index (χ0n) is 24.6. The number of nitrogens with two attached hydrogens (primary N) is 1. The lowest BCUT2D eigenvalue weighted by Crippen LogP contribution is -2.56. The van der Waals surface area contributed by atoms with Crippen molar-refractivity contribution in [3.63, 3.8) is 0 Å². The Labute approximate surface area is 261 Å². The largest absolute Gasteiger partial charge is 0.352 e. The second kappa shape index (κ2) is 15.5. The Balaban J connectivity index is 0.00000405. The van der Waals surface area contributed by atoms with Crippen LogP contribution in [0.4, 0.5) is 0 Å². The van der Waals surface area contributed by atoms with Gasteiger partial charge in [-0.2, -0.15) is 5.10 Å². The maximum absolute atomic E-state index is 14.1. The summed E-state index contributed by atoms with van der Waals surface area (Å²) in [6.07, 6.45) is 16.2. The van der Waals surface area contributed by atoms with E-state index in [1.165, 1.54) is 32.1 Å². The highest BCUT2D eigenvalue weighted by Crippen LogP contribution is 2.47. The normalized spacial score (nSPS) is 23.5. The maximum atomic E-state index is 14.1. The topological polar surface area (TPSA) is 118 Å². The van der Waals surface area contributed by atoms with Gasteiger partial charge in [0, 0.05) is 36.7 Å². The molecule has 0 spiro atoms. The number of hydrogen-bond donors (Lipinski definition) is 3. The summed E-state index contributed by atoms with van der Waals surface area (Å²) >= 11 is 6.15. The number of carbonyl (C=O) groups excluding carboxylic acids is 2. The summed E-state index contributed by atoms with van der Waals surface area (Å²) in [5.41, 5.74) is 6.74. The quantitative estimate of drug-likeness (QED) is 0.368. The molecule has 1 aromatic carbocycles. The molecule has 1 saturated heterocycles. The van der Waals surface area contributed by atoms with Crippen LogP contribution in [0.1, 0.15) is 76.2 Å². The first-order chi connectivity index (χ1) is 19.9. The first-order valence-electron chi connectivity index (χ1n) is 15.6. The number of halogens is 2. The van der Waals surface area contributed by atoms with Gasteiger partial charge in [0.05, 0.1) is 12.6 Å². The Morgan fingerprint density at radius 2 is 1.67 bits per heavy atom. The molecule has 2 aromatic rings. The van der Waals surface area contributed by atoms with Crippen LogP contribution in [0.25, 0.3) is 0 Å². The van der Waals surface area contributed by atoms with Gasteiger partial charge in [0.15, 0.2) is 0 Å². The average Bonchev–Trinajstić information content (AvgIpc) is 3.52. The van der Waals surface area contributed by atoms with E-state index in [9.17, 15) is 9.59 Å². The molecule has 11 heteroatoms. The molecule has 232 valence electrons. The summed E-state index contributed by atoms with van der Waals surface area (Å²) in [4.78, 5) is 32.2. The van der Waals surface area contributed by atoms with E-state index in [0.717, 1.165) is 63.7 Å². The van der Waals surface area contributed by atoms with E-state index in [-0.39, 0.29) is 54.3 Å². The second-order valence-electron chi connectivity index (χ2n) is 12.5. The van der Waals surface area contributed by atoms with Gasteiger partial charge in [0.1, 0.15) is 12.7 Å². The van der Waals surface area contributed by atoms with Crippen molar-refractivity contribution in [3.8, 4) is 0 Å². The van der Waals surface area contributed by atoms with Gasteiger partial charge in [-0.05, 0) is 86.8 Å². The Kier molecular flexibility index (Phi) is 12.1. The van der Waals surface area contributed by atoms with E-state index in [4.69, 9.17) is 17.3 Å². The molecule has 42 heavy (non-hydrogen) atoms. The van der Waals surface area contributed by atoms with E-state index in [1.54, 1.807) is 6.33 Å². The molecule has 4 N–H and O–H groups in total. The van der Waals surface area contributed by atoms with Crippen molar-refractivity contribution in [2.45, 2.75) is 102 Å². The minimum absolute atomic E-state index is 0. The predicted octanol–water partition coefficient (Wildman–Crippen LogP) is 4.13. The molecule has 2 amide bonds. The molecule has 9 nitrogen and oxygen atoms in total. The number of piperidine rings is 1. The summed E-state index contributed by atoms with van der Waals surface area (Å²) < 4.78 is 2.00. The zero-order chi connectivity index (χ0) is 28.7. The minimum atomic E-state index is -0.297. The summed E-state index contributed by atoms with van der Waals surface area (Å²) in [6.45, 7) is 2.46. The summed E-state index contributed by atoms with van der Waals surface area (Å²) in [7, 11) is 0. The molecule has 0 radical (unpaired) electrons. The summed E-state index contributed by atoms with van der Waals surface area (Å²) in [5.74, 6) is 0.766. The molecule has 3 fully saturated rings. The number of aromatic nitrogens is 3. The third-order valence-corrected chi connectivity index (χ3v) is 10.1. The van der Waals surface area contributed by atoms with Crippen molar-refractivity contribution in [2.75, 3.05) is 19.6 Å². The Hall–Kier alpha value is -2.20. The lowest BCUT2D eigenvalue weighted by atomic mass is 9.63. The minimum Gasteiger partial charge on any atom is -0.352 e. The van der Waals surface area contributed by atoms with Crippen molar-refractivity contribution in [2.24, 2.45) is 17.1 Å². The monoisotopic (exact) mass is 619 g/mol. The first kappa shape index (κ1) is 32.7. The highest BCUT2D eigenvalue weighted by Gasteiger charge is 2.44. The van der Waals surface area contributed by atoms with Gasteiger partial charge in [0.25, 0.3) is 0 Å². The number of hydrogen-bond acceptors (Lipinski definition) is 6. The van der Waals surface area contributed by atoms with Crippen LogP contribution in [-0.2, 0) is 22.6 Å². The van der Waals surface area contributed by atoms with Crippen LogP contribution in [0.2, 0.25) is 5.02 Å². The molecule has 2 aliphatic carbocycles. The van der Waals surface area contributed by atoms with Crippen LogP contribution in [0, 0.1) is 11.3 Å². The number of benzene rings is 1. The fraction of sp³-hybridized carbons (Fsp3) is 0.677. The SMILES string of the molecule is Cl.NCC(=O)NC1CCC(N[C@H](Cc2ccc(Cl)cc2)C(=O)N2CCC(Cn3cncn3)(C3CCCCC3)CC2)CC1. The van der Waals surface area contributed by atoms with Crippen molar-refractivity contribution in [1.82, 2.24) is 30.3 Å². The summed E-state index contributed by atoms with van der Waals surface area (Å²) in [5, 5.41) is 11.9. The Morgan fingerprint density at radius 1 is 1.00 bits per heavy atom. The zero-order valence-corrected chi connectivity index (χ0v) is 26.1. The van der Waals surface area contributed by atoms with E-state index in [1.807, 2.05) is 35.3 Å². The van der Waals surface area contributed by atoms with Gasteiger partial charge in [-0.1, -0.05) is 43.0 Å². The molecule has 0 unspecified atom stereocenters. The van der Waals surface area contributed by atoms with Crippen LogP contribution in [-0.4, -0.2) is 69.2 Å². The van der Waals surface area contributed by atoms with Crippen LogP contribution >= 0.6 is 24.0 Å². The van der Waals surface area contributed by atoms with Gasteiger partial charge in [-0.25, -0.2) is 4.98 Å². The van der Waals surface area contributed by atoms with Gasteiger partial charge >= 0.3 is 0 Å². The van der Waals surface area contributed by atoms with Crippen molar-refractivity contribution in [3.05, 3.63) is 47.5 Å². The van der Waals surface area contributed by atoms with Crippen molar-refractivity contribution < 1.29 is 9.59 Å². The maximum Gasteiger partial charge on any atom is 0.240 e. The molecule has 1 aliphatic heterocycles. The predicted molar refractivity (Wildman–Crippen MR) is 167 cm³/mol. The molecular weight excluding hydrogens is 573 g/mol. The van der Waals surface area contributed by atoms with Crippen molar-refractivity contribution >= 4 is 35.8 Å². The molecule has 1 atom stereocenters. The van der Waals surface area contributed by atoms with Gasteiger partial charge < -0.3 is 21.3 Å². The van der Waals surface area contributed by atoms with Gasteiger partial charge in [-0.3, -0.25) is 14.3 Å². The van der Waals surface area contributed by atoms with E-state index >= 15 is 0 Å². The Bertz CT molecular complexity index is 1110. The first-order valence-corrected chi connectivity index (χ1v) is 15.9. The highest BCUT2D eigenvalue weighted by molar-refractivity contribution is 6.30. The molecule has 2 saturated carbocycles. The van der Waals surface area contributed by atoms with Crippen molar-refractivity contribution in [1.29, 1.82) is 0 Å². The number of nitrogens with one attached hydrogen (secondary N) is 2. The van der Waals surface area contributed by atoms with Gasteiger partial charge in [0.2, 0.25) is 11.8 Å². The molecular formula is C31H47Cl2N7O2. The third-order valence-electron chi connectivity index (χ3n) is 9.85. The smallest absolute Gasteiger partial charge is 0.240 e. The van der Waals surface area contributed by atoms with Gasteiger partial charge in [-0.15, -0.1) is 12.4 Å². The lowest BCUT2D eigenvalue weighted by Gasteiger charge is -2.48. The van der Waals surface area contributed by atoms with Crippen LogP contribution in [0.5, 0.6) is 0 Å². The molecule has 3 aliphatic rings. The second-order valence-corrected chi connectivity index (χ2v) is 12.9.